The number of nitrogens with zero attached hydrogens (tertiary/aromatic N) is 1. The summed E-state index contributed by atoms with van der Waals surface area (Å²) in [6, 6.07) is 6.05. The molecule has 1 aromatic carbocycles. The van der Waals surface area contributed by atoms with Crippen molar-refractivity contribution in [2.24, 2.45) is 0 Å². The number of fused-ring (bicyclic) bond motifs is 1. The van der Waals surface area contributed by atoms with Crippen LogP contribution in [0.25, 0.3) is 0 Å². The molecule has 0 bridgehead atoms. The number of hydrogen-bond donors (Lipinski definition) is 1. The van der Waals surface area contributed by atoms with Crippen LogP contribution in [0.5, 0.6) is 0 Å². The summed E-state index contributed by atoms with van der Waals surface area (Å²) >= 11 is 0. The molecule has 1 amide bonds. The predicted molar refractivity (Wildman–Crippen MR) is 80.2 cm³/mol. The van der Waals surface area contributed by atoms with Crippen molar-refractivity contribution in [3.05, 3.63) is 34.9 Å². The van der Waals surface area contributed by atoms with E-state index in [9.17, 15) is 4.79 Å². The van der Waals surface area contributed by atoms with Gasteiger partial charge in [-0.25, -0.2) is 0 Å². The number of rotatable bonds is 2. The molecule has 2 aliphatic rings. The van der Waals surface area contributed by atoms with Crippen molar-refractivity contribution in [3.63, 3.8) is 0 Å². The van der Waals surface area contributed by atoms with E-state index in [0.29, 0.717) is 6.54 Å². The van der Waals surface area contributed by atoms with Crippen molar-refractivity contribution in [1.29, 1.82) is 0 Å². The van der Waals surface area contributed by atoms with E-state index in [4.69, 9.17) is 4.74 Å². The molecule has 0 radical (unpaired) electrons. The molecule has 110 valence electrons. The summed E-state index contributed by atoms with van der Waals surface area (Å²) in [6.07, 6.45) is 2.26. The number of carbonyl (C=O) groups is 1. The first kappa shape index (κ1) is 15.3. The standard InChI is InChI=1S/C15H20N2O2.ClH/c1-19-14-3-2-6-17(10-14)15(18)11-4-5-12-8-16-9-13(12)7-11;/h4-5,7,14,16H,2-3,6,8-10H2,1H3;1H. The Balaban J connectivity index is 0.00000147. The number of likely N-dealkylation sites (tertiary alicyclic amines) is 1. The Morgan fingerprint density at radius 1 is 1.35 bits per heavy atom. The first-order chi connectivity index (χ1) is 9.28. The second-order valence-electron chi connectivity index (χ2n) is 5.34. The zero-order valence-corrected chi connectivity index (χ0v) is 12.5. The fraction of sp³-hybridized carbons (Fsp3) is 0.533. The summed E-state index contributed by atoms with van der Waals surface area (Å²) < 4.78 is 5.38. The van der Waals surface area contributed by atoms with Crippen LogP contribution in [0.2, 0.25) is 0 Å². The molecule has 1 unspecified atom stereocenters. The number of halogens is 1. The van der Waals surface area contributed by atoms with E-state index in [1.807, 2.05) is 17.0 Å². The van der Waals surface area contributed by atoms with E-state index >= 15 is 0 Å². The van der Waals surface area contributed by atoms with Crippen molar-refractivity contribution in [2.45, 2.75) is 32.0 Å². The Kier molecular flexibility index (Phi) is 5.02. The second kappa shape index (κ2) is 6.57. The van der Waals surface area contributed by atoms with Crippen LogP contribution >= 0.6 is 12.4 Å². The number of carbonyl (C=O) groups excluding carboxylic acids is 1. The average molecular weight is 297 g/mol. The number of amides is 1. The molecule has 1 N–H and O–H groups in total. The highest BCUT2D eigenvalue weighted by molar-refractivity contribution is 5.94. The maximum absolute atomic E-state index is 12.5. The van der Waals surface area contributed by atoms with Crippen molar-refractivity contribution in [2.75, 3.05) is 20.2 Å². The molecule has 0 saturated carbocycles. The summed E-state index contributed by atoms with van der Waals surface area (Å²) in [5, 5.41) is 3.30. The Morgan fingerprint density at radius 3 is 2.95 bits per heavy atom. The molecule has 1 fully saturated rings. The third-order valence-electron chi connectivity index (χ3n) is 4.08. The van der Waals surface area contributed by atoms with Crippen LogP contribution < -0.4 is 5.32 Å². The minimum atomic E-state index is 0. The monoisotopic (exact) mass is 296 g/mol. The lowest BCUT2D eigenvalue weighted by Crippen LogP contribution is -2.42. The van der Waals surface area contributed by atoms with Gasteiger partial charge in [0.05, 0.1) is 6.10 Å². The van der Waals surface area contributed by atoms with E-state index < -0.39 is 0 Å². The van der Waals surface area contributed by atoms with Crippen LogP contribution in [0.3, 0.4) is 0 Å². The highest BCUT2D eigenvalue weighted by atomic mass is 35.5. The van der Waals surface area contributed by atoms with E-state index in [-0.39, 0.29) is 24.4 Å². The van der Waals surface area contributed by atoms with Crippen LogP contribution in [0.1, 0.15) is 34.3 Å². The van der Waals surface area contributed by atoms with E-state index in [0.717, 1.165) is 38.0 Å². The molecule has 4 nitrogen and oxygen atoms in total. The fourth-order valence-corrected chi connectivity index (χ4v) is 2.93. The second-order valence-corrected chi connectivity index (χ2v) is 5.34. The van der Waals surface area contributed by atoms with Gasteiger partial charge >= 0.3 is 0 Å². The van der Waals surface area contributed by atoms with Gasteiger partial charge in [-0.1, -0.05) is 6.07 Å². The number of ether oxygens (including phenoxy) is 1. The third-order valence-corrected chi connectivity index (χ3v) is 4.08. The van der Waals surface area contributed by atoms with Crippen molar-refractivity contribution < 1.29 is 9.53 Å². The van der Waals surface area contributed by atoms with E-state index in [1.54, 1.807) is 7.11 Å². The quantitative estimate of drug-likeness (QED) is 0.907. The van der Waals surface area contributed by atoms with Gasteiger partial charge in [0.25, 0.3) is 5.91 Å². The maximum atomic E-state index is 12.5. The van der Waals surface area contributed by atoms with Gasteiger partial charge < -0.3 is 15.0 Å². The molecule has 2 heterocycles. The smallest absolute Gasteiger partial charge is 0.253 e. The number of piperidine rings is 1. The third kappa shape index (κ3) is 2.97. The molecule has 5 heteroatoms. The minimum absolute atomic E-state index is 0. The molecule has 0 aromatic heterocycles. The molecule has 1 atom stereocenters. The van der Waals surface area contributed by atoms with E-state index in [1.165, 1.54) is 11.1 Å². The lowest BCUT2D eigenvalue weighted by molar-refractivity contribution is 0.0269. The molecular formula is C15H21ClN2O2. The SMILES string of the molecule is COC1CCCN(C(=O)c2ccc3c(c2)CNC3)C1.Cl. The van der Waals surface area contributed by atoms with Gasteiger partial charge in [-0.3, -0.25) is 4.79 Å². The number of benzene rings is 1. The molecule has 3 rings (SSSR count). The Hall–Kier alpha value is -1.10. The highest BCUT2D eigenvalue weighted by Crippen LogP contribution is 2.20. The summed E-state index contributed by atoms with van der Waals surface area (Å²) in [5.41, 5.74) is 3.37. The van der Waals surface area contributed by atoms with Crippen molar-refractivity contribution in [1.82, 2.24) is 10.2 Å². The lowest BCUT2D eigenvalue weighted by atomic mass is 10.0. The predicted octanol–water partition coefficient (Wildman–Crippen LogP) is 1.96. The van der Waals surface area contributed by atoms with Gasteiger partial charge in [-0.2, -0.15) is 0 Å². The molecule has 2 aliphatic heterocycles. The number of hydrogen-bond acceptors (Lipinski definition) is 3. The minimum Gasteiger partial charge on any atom is -0.380 e. The molecule has 20 heavy (non-hydrogen) atoms. The number of nitrogens with one attached hydrogen (secondary N) is 1. The van der Waals surface area contributed by atoms with Gasteiger partial charge in [-0.05, 0) is 36.1 Å². The summed E-state index contributed by atoms with van der Waals surface area (Å²) in [5.74, 6) is 0.136. The van der Waals surface area contributed by atoms with Gasteiger partial charge in [-0.15, -0.1) is 12.4 Å². The molecule has 1 saturated heterocycles. The first-order valence-electron chi connectivity index (χ1n) is 6.92. The Morgan fingerprint density at radius 2 is 2.15 bits per heavy atom. The van der Waals surface area contributed by atoms with Crippen molar-refractivity contribution >= 4 is 18.3 Å². The fourth-order valence-electron chi connectivity index (χ4n) is 2.93. The van der Waals surface area contributed by atoms with Crippen LogP contribution in [-0.4, -0.2) is 37.1 Å². The van der Waals surface area contributed by atoms with Crippen LogP contribution in [0.4, 0.5) is 0 Å². The van der Waals surface area contributed by atoms with Crippen molar-refractivity contribution in [3.8, 4) is 0 Å². The summed E-state index contributed by atoms with van der Waals surface area (Å²) in [7, 11) is 1.72. The lowest BCUT2D eigenvalue weighted by Gasteiger charge is -2.32. The van der Waals surface area contributed by atoms with Crippen LogP contribution in [0.15, 0.2) is 18.2 Å². The normalized spacial score (nSPS) is 21.2. The summed E-state index contributed by atoms with van der Waals surface area (Å²) in [6.45, 7) is 3.34. The molecule has 1 aromatic rings. The van der Waals surface area contributed by atoms with Crippen LogP contribution in [0, 0.1) is 0 Å². The number of methoxy groups -OCH3 is 1. The Bertz CT molecular complexity index is 493. The van der Waals surface area contributed by atoms with Gasteiger partial charge in [0.15, 0.2) is 0 Å². The topological polar surface area (TPSA) is 41.6 Å². The Labute approximate surface area is 125 Å². The van der Waals surface area contributed by atoms with Gasteiger partial charge in [0.1, 0.15) is 0 Å². The van der Waals surface area contributed by atoms with E-state index in [2.05, 4.69) is 11.4 Å². The zero-order valence-electron chi connectivity index (χ0n) is 11.7. The van der Waals surface area contributed by atoms with Gasteiger partial charge in [0, 0.05) is 38.9 Å². The maximum Gasteiger partial charge on any atom is 0.253 e. The molecule has 0 spiro atoms. The highest BCUT2D eigenvalue weighted by Gasteiger charge is 2.25. The van der Waals surface area contributed by atoms with Crippen LogP contribution in [-0.2, 0) is 17.8 Å². The first-order valence-corrected chi connectivity index (χ1v) is 6.92. The zero-order chi connectivity index (χ0) is 13.2. The largest absolute Gasteiger partial charge is 0.380 e. The average Bonchev–Trinajstić information content (AvgIpc) is 2.94. The molecule has 0 aliphatic carbocycles. The van der Waals surface area contributed by atoms with Gasteiger partial charge in [0.2, 0.25) is 0 Å². The summed E-state index contributed by atoms with van der Waals surface area (Å²) in [4.78, 5) is 14.4. The molecular weight excluding hydrogens is 276 g/mol.